The Hall–Kier alpha value is -3.06. The molecular formula is C17H13N3O. The van der Waals surface area contributed by atoms with Crippen molar-refractivity contribution < 1.29 is 4.42 Å². The molecule has 1 aromatic carbocycles. The molecule has 102 valence electrons. The van der Waals surface area contributed by atoms with Gasteiger partial charge in [-0.1, -0.05) is 23.8 Å². The van der Waals surface area contributed by atoms with Crippen molar-refractivity contribution in [3.8, 4) is 28.7 Å². The first kappa shape index (κ1) is 12.9. The lowest BCUT2D eigenvalue weighted by Gasteiger charge is -2.08. The molecule has 4 heteroatoms. The zero-order chi connectivity index (χ0) is 14.8. The number of hydrogen-bond donors (Lipinski definition) is 1. The molecule has 3 rings (SSSR count). The number of pyridine rings is 1. The highest BCUT2D eigenvalue weighted by molar-refractivity contribution is 5.77. The van der Waals surface area contributed by atoms with E-state index >= 15 is 0 Å². The summed E-state index contributed by atoms with van der Waals surface area (Å²) in [5.41, 5.74) is 9.75. The molecule has 21 heavy (non-hydrogen) atoms. The van der Waals surface area contributed by atoms with Crippen LogP contribution >= 0.6 is 0 Å². The van der Waals surface area contributed by atoms with E-state index in [1.807, 2.05) is 37.3 Å². The van der Waals surface area contributed by atoms with Crippen molar-refractivity contribution in [2.75, 3.05) is 5.73 Å². The molecule has 0 radical (unpaired) electrons. The number of aromatic nitrogens is 1. The standard InChI is InChI=1S/C17H13N3O/c1-11-4-2-5-12(8-11)15-9-13(16-6-3-7-21-16)14(10-18)17(19)20-15/h2-9H,1H3,(H2,19,20). The predicted molar refractivity (Wildman–Crippen MR) is 81.2 cm³/mol. The molecule has 0 spiro atoms. The predicted octanol–water partition coefficient (Wildman–Crippen LogP) is 3.77. The van der Waals surface area contributed by atoms with Gasteiger partial charge < -0.3 is 10.2 Å². The Morgan fingerprint density at radius 1 is 1.19 bits per heavy atom. The van der Waals surface area contributed by atoms with Crippen molar-refractivity contribution in [2.24, 2.45) is 0 Å². The Morgan fingerprint density at radius 3 is 2.71 bits per heavy atom. The fourth-order valence-electron chi connectivity index (χ4n) is 2.26. The average molecular weight is 275 g/mol. The first-order chi connectivity index (χ1) is 10.2. The van der Waals surface area contributed by atoms with Crippen molar-refractivity contribution >= 4 is 5.82 Å². The molecule has 0 amide bonds. The first-order valence-corrected chi connectivity index (χ1v) is 6.50. The summed E-state index contributed by atoms with van der Waals surface area (Å²) in [5.74, 6) is 0.817. The van der Waals surface area contributed by atoms with Gasteiger partial charge >= 0.3 is 0 Å². The number of benzene rings is 1. The number of furan rings is 1. The Bertz CT molecular complexity index is 830. The molecule has 2 aromatic heterocycles. The molecule has 0 unspecified atom stereocenters. The summed E-state index contributed by atoms with van der Waals surface area (Å²) in [7, 11) is 0. The molecule has 0 atom stereocenters. The lowest BCUT2D eigenvalue weighted by Crippen LogP contribution is -1.99. The summed E-state index contributed by atoms with van der Waals surface area (Å²) in [5, 5.41) is 9.29. The van der Waals surface area contributed by atoms with Crippen LogP contribution in [0.4, 0.5) is 5.82 Å². The quantitative estimate of drug-likeness (QED) is 0.772. The van der Waals surface area contributed by atoms with Crippen LogP contribution in [0, 0.1) is 18.3 Å². The largest absolute Gasteiger partial charge is 0.464 e. The van der Waals surface area contributed by atoms with Gasteiger partial charge in [-0.2, -0.15) is 5.26 Å². The molecule has 2 heterocycles. The highest BCUT2D eigenvalue weighted by Gasteiger charge is 2.15. The van der Waals surface area contributed by atoms with Crippen LogP contribution in [0.1, 0.15) is 11.1 Å². The zero-order valence-electron chi connectivity index (χ0n) is 11.5. The Labute approximate surface area is 122 Å². The van der Waals surface area contributed by atoms with Crippen molar-refractivity contribution in [3.63, 3.8) is 0 Å². The van der Waals surface area contributed by atoms with Gasteiger partial charge in [0.1, 0.15) is 23.2 Å². The Morgan fingerprint density at radius 2 is 2.05 bits per heavy atom. The molecule has 0 aliphatic carbocycles. The number of nitrogens with zero attached hydrogens (tertiary/aromatic N) is 2. The minimum absolute atomic E-state index is 0.211. The molecule has 0 aliphatic heterocycles. The van der Waals surface area contributed by atoms with Crippen LogP contribution in [0.2, 0.25) is 0 Å². The van der Waals surface area contributed by atoms with E-state index in [2.05, 4.69) is 11.1 Å². The number of nitriles is 1. The molecule has 0 fully saturated rings. The monoisotopic (exact) mass is 275 g/mol. The first-order valence-electron chi connectivity index (χ1n) is 6.50. The third kappa shape index (κ3) is 2.37. The van der Waals surface area contributed by atoms with Crippen molar-refractivity contribution in [3.05, 3.63) is 59.9 Å². The van der Waals surface area contributed by atoms with E-state index < -0.39 is 0 Å². The minimum Gasteiger partial charge on any atom is -0.464 e. The van der Waals surface area contributed by atoms with Gasteiger partial charge in [0, 0.05) is 11.1 Å². The summed E-state index contributed by atoms with van der Waals surface area (Å²) in [6, 6.07) is 15.5. The van der Waals surface area contributed by atoms with E-state index in [0.29, 0.717) is 16.9 Å². The van der Waals surface area contributed by atoms with Crippen LogP contribution < -0.4 is 5.73 Å². The number of nitrogen functional groups attached to an aromatic ring is 1. The van der Waals surface area contributed by atoms with Crippen LogP contribution in [0.5, 0.6) is 0 Å². The lowest BCUT2D eigenvalue weighted by atomic mass is 10.0. The van der Waals surface area contributed by atoms with Crippen molar-refractivity contribution in [2.45, 2.75) is 6.92 Å². The number of hydrogen-bond acceptors (Lipinski definition) is 4. The fourth-order valence-corrected chi connectivity index (χ4v) is 2.26. The average Bonchev–Trinajstić information content (AvgIpc) is 3.00. The molecule has 0 saturated heterocycles. The number of aryl methyl sites for hydroxylation is 1. The van der Waals surface area contributed by atoms with Gasteiger partial charge in [-0.25, -0.2) is 4.98 Å². The maximum atomic E-state index is 9.29. The van der Waals surface area contributed by atoms with Gasteiger partial charge in [-0.3, -0.25) is 0 Å². The second kappa shape index (κ2) is 5.14. The normalized spacial score (nSPS) is 10.3. The van der Waals surface area contributed by atoms with E-state index in [9.17, 15) is 5.26 Å². The molecule has 0 aliphatic rings. The van der Waals surface area contributed by atoms with E-state index in [1.165, 1.54) is 0 Å². The van der Waals surface area contributed by atoms with Crippen LogP contribution in [-0.4, -0.2) is 4.98 Å². The highest BCUT2D eigenvalue weighted by Crippen LogP contribution is 2.31. The van der Waals surface area contributed by atoms with Crippen LogP contribution in [0.3, 0.4) is 0 Å². The molecule has 0 bridgehead atoms. The van der Waals surface area contributed by atoms with Gasteiger partial charge in [0.15, 0.2) is 0 Å². The Balaban J connectivity index is 2.23. The smallest absolute Gasteiger partial charge is 0.142 e. The molecule has 4 nitrogen and oxygen atoms in total. The number of rotatable bonds is 2. The van der Waals surface area contributed by atoms with Gasteiger partial charge in [-0.05, 0) is 31.2 Å². The SMILES string of the molecule is Cc1cccc(-c2cc(-c3ccco3)c(C#N)c(N)n2)c1. The van der Waals surface area contributed by atoms with E-state index in [4.69, 9.17) is 10.2 Å². The zero-order valence-corrected chi connectivity index (χ0v) is 11.5. The summed E-state index contributed by atoms with van der Waals surface area (Å²) in [4.78, 5) is 4.34. The second-order valence-corrected chi connectivity index (χ2v) is 4.77. The lowest BCUT2D eigenvalue weighted by molar-refractivity contribution is 0.582. The maximum Gasteiger partial charge on any atom is 0.142 e. The molecule has 0 saturated carbocycles. The third-order valence-corrected chi connectivity index (χ3v) is 3.26. The summed E-state index contributed by atoms with van der Waals surface area (Å²) in [6.45, 7) is 2.02. The van der Waals surface area contributed by atoms with Crippen LogP contribution in [-0.2, 0) is 0 Å². The molecular weight excluding hydrogens is 262 g/mol. The van der Waals surface area contributed by atoms with E-state index in [0.717, 1.165) is 16.8 Å². The highest BCUT2D eigenvalue weighted by atomic mass is 16.3. The number of nitrogens with two attached hydrogens (primary N) is 1. The van der Waals surface area contributed by atoms with Crippen molar-refractivity contribution in [1.82, 2.24) is 4.98 Å². The number of anilines is 1. The summed E-state index contributed by atoms with van der Waals surface area (Å²) >= 11 is 0. The molecule has 2 N–H and O–H groups in total. The van der Waals surface area contributed by atoms with Gasteiger partial charge in [-0.15, -0.1) is 0 Å². The summed E-state index contributed by atoms with van der Waals surface area (Å²) in [6.07, 6.45) is 1.57. The summed E-state index contributed by atoms with van der Waals surface area (Å²) < 4.78 is 5.40. The van der Waals surface area contributed by atoms with Crippen molar-refractivity contribution in [1.29, 1.82) is 5.26 Å². The minimum atomic E-state index is 0.211. The van der Waals surface area contributed by atoms with Crippen LogP contribution in [0.15, 0.2) is 53.1 Å². The fraction of sp³-hybridized carbons (Fsp3) is 0.0588. The van der Waals surface area contributed by atoms with Gasteiger partial charge in [0.2, 0.25) is 0 Å². The maximum absolute atomic E-state index is 9.29. The van der Waals surface area contributed by atoms with Gasteiger partial charge in [0.05, 0.1) is 12.0 Å². The second-order valence-electron chi connectivity index (χ2n) is 4.77. The topological polar surface area (TPSA) is 75.8 Å². The van der Waals surface area contributed by atoms with Crippen LogP contribution in [0.25, 0.3) is 22.6 Å². The van der Waals surface area contributed by atoms with E-state index in [-0.39, 0.29) is 5.82 Å². The van der Waals surface area contributed by atoms with Gasteiger partial charge in [0.25, 0.3) is 0 Å². The molecule has 3 aromatic rings. The third-order valence-electron chi connectivity index (χ3n) is 3.26. The Kier molecular flexibility index (Phi) is 3.17. The van der Waals surface area contributed by atoms with E-state index in [1.54, 1.807) is 18.4 Å².